The number of hydrogen-bond acceptors (Lipinski definition) is 0. The molecular weight excluding hydrogens is 156 g/mol. The van der Waals surface area contributed by atoms with Crippen molar-refractivity contribution in [2.75, 3.05) is 0 Å². The van der Waals surface area contributed by atoms with Crippen molar-refractivity contribution < 1.29 is 0 Å². The Kier molecular flexibility index (Phi) is 2.72. The molecule has 0 aromatic heterocycles. The van der Waals surface area contributed by atoms with Crippen LogP contribution in [0.1, 0.15) is 18.1 Å². The molecule has 1 aromatic carbocycles. The summed E-state index contributed by atoms with van der Waals surface area (Å²) in [5.74, 6) is 0. The molecule has 1 heteroatoms. The summed E-state index contributed by atoms with van der Waals surface area (Å²) in [6, 6.07) is 6.05. The molecule has 0 aliphatic rings. The SMILES string of the molecule is CC=Cc1ccc(C)c(Cl)c1. The highest BCUT2D eigenvalue weighted by molar-refractivity contribution is 6.31. The van der Waals surface area contributed by atoms with E-state index < -0.39 is 0 Å². The Morgan fingerprint density at radius 1 is 1.36 bits per heavy atom. The maximum atomic E-state index is 5.92. The number of halogens is 1. The lowest BCUT2D eigenvalue weighted by Crippen LogP contribution is -1.76. The van der Waals surface area contributed by atoms with Crippen LogP contribution in [0.5, 0.6) is 0 Å². The van der Waals surface area contributed by atoms with Crippen LogP contribution < -0.4 is 0 Å². The van der Waals surface area contributed by atoms with E-state index in [9.17, 15) is 0 Å². The highest BCUT2D eigenvalue weighted by Gasteiger charge is 1.93. The van der Waals surface area contributed by atoms with Crippen molar-refractivity contribution in [1.82, 2.24) is 0 Å². The molecule has 0 amide bonds. The van der Waals surface area contributed by atoms with Crippen LogP contribution in [0.25, 0.3) is 6.08 Å². The topological polar surface area (TPSA) is 0 Å². The molecule has 58 valence electrons. The van der Waals surface area contributed by atoms with E-state index in [2.05, 4.69) is 6.07 Å². The fraction of sp³-hybridized carbons (Fsp3) is 0.200. The van der Waals surface area contributed by atoms with E-state index in [1.807, 2.05) is 38.1 Å². The summed E-state index contributed by atoms with van der Waals surface area (Å²) in [6.07, 6.45) is 4.03. The third-order valence-corrected chi connectivity index (χ3v) is 1.96. The van der Waals surface area contributed by atoms with Crippen LogP contribution in [0.2, 0.25) is 5.02 Å². The third kappa shape index (κ3) is 2.09. The maximum absolute atomic E-state index is 5.92. The van der Waals surface area contributed by atoms with Gasteiger partial charge >= 0.3 is 0 Å². The molecule has 0 N–H and O–H groups in total. The highest BCUT2D eigenvalue weighted by Crippen LogP contribution is 2.17. The lowest BCUT2D eigenvalue weighted by Gasteiger charge is -1.97. The first kappa shape index (κ1) is 8.35. The summed E-state index contributed by atoms with van der Waals surface area (Å²) in [4.78, 5) is 0. The van der Waals surface area contributed by atoms with E-state index in [1.54, 1.807) is 0 Å². The van der Waals surface area contributed by atoms with Gasteiger partial charge in [-0.2, -0.15) is 0 Å². The summed E-state index contributed by atoms with van der Waals surface area (Å²) in [5.41, 5.74) is 2.28. The molecule has 0 unspecified atom stereocenters. The molecule has 0 saturated carbocycles. The van der Waals surface area contributed by atoms with Crippen LogP contribution in [0, 0.1) is 6.92 Å². The van der Waals surface area contributed by atoms with Crippen molar-refractivity contribution in [2.24, 2.45) is 0 Å². The summed E-state index contributed by atoms with van der Waals surface area (Å²) >= 11 is 5.92. The second kappa shape index (κ2) is 3.59. The molecule has 0 spiro atoms. The largest absolute Gasteiger partial charge is 0.0871 e. The molecule has 0 radical (unpaired) electrons. The molecule has 0 heterocycles. The average Bonchev–Trinajstić information content (AvgIpc) is 1.98. The van der Waals surface area contributed by atoms with Crippen molar-refractivity contribution in [3.8, 4) is 0 Å². The Balaban J connectivity index is 3.05. The van der Waals surface area contributed by atoms with Gasteiger partial charge in [-0.1, -0.05) is 35.9 Å². The van der Waals surface area contributed by atoms with Crippen LogP contribution in [0.4, 0.5) is 0 Å². The van der Waals surface area contributed by atoms with E-state index in [0.29, 0.717) is 0 Å². The van der Waals surface area contributed by atoms with Gasteiger partial charge < -0.3 is 0 Å². The molecule has 0 bridgehead atoms. The normalized spacial score (nSPS) is 10.8. The van der Waals surface area contributed by atoms with E-state index >= 15 is 0 Å². The van der Waals surface area contributed by atoms with Gasteiger partial charge in [0.2, 0.25) is 0 Å². The predicted molar refractivity (Wildman–Crippen MR) is 50.9 cm³/mol. The summed E-state index contributed by atoms with van der Waals surface area (Å²) in [6.45, 7) is 4.00. The van der Waals surface area contributed by atoms with Gasteiger partial charge in [0.15, 0.2) is 0 Å². The molecule has 0 nitrogen and oxygen atoms in total. The summed E-state index contributed by atoms with van der Waals surface area (Å²) in [7, 11) is 0. The fourth-order valence-corrected chi connectivity index (χ4v) is 1.09. The predicted octanol–water partition coefficient (Wildman–Crippen LogP) is 3.68. The van der Waals surface area contributed by atoms with Crippen molar-refractivity contribution >= 4 is 17.7 Å². The van der Waals surface area contributed by atoms with Crippen molar-refractivity contribution in [1.29, 1.82) is 0 Å². The number of benzene rings is 1. The van der Waals surface area contributed by atoms with Gasteiger partial charge in [-0.25, -0.2) is 0 Å². The molecule has 0 aliphatic carbocycles. The number of aryl methyl sites for hydroxylation is 1. The molecule has 1 rings (SSSR count). The van der Waals surface area contributed by atoms with Crippen molar-refractivity contribution in [3.05, 3.63) is 40.4 Å². The number of rotatable bonds is 1. The lowest BCUT2D eigenvalue weighted by atomic mass is 10.1. The Morgan fingerprint density at radius 2 is 2.09 bits per heavy atom. The van der Waals surface area contributed by atoms with Gasteiger partial charge in [0.25, 0.3) is 0 Å². The van der Waals surface area contributed by atoms with Crippen molar-refractivity contribution in [3.63, 3.8) is 0 Å². The van der Waals surface area contributed by atoms with Gasteiger partial charge in [0.1, 0.15) is 0 Å². The van der Waals surface area contributed by atoms with Crippen LogP contribution in [-0.4, -0.2) is 0 Å². The van der Waals surface area contributed by atoms with Gasteiger partial charge in [-0.05, 0) is 31.0 Å². The van der Waals surface area contributed by atoms with Gasteiger partial charge in [-0.3, -0.25) is 0 Å². The molecule has 0 atom stereocenters. The van der Waals surface area contributed by atoms with Gasteiger partial charge in [0, 0.05) is 5.02 Å². The van der Waals surface area contributed by atoms with E-state index in [1.165, 1.54) is 0 Å². The lowest BCUT2D eigenvalue weighted by molar-refractivity contribution is 1.46. The van der Waals surface area contributed by atoms with Crippen LogP contribution in [0.3, 0.4) is 0 Å². The zero-order valence-corrected chi connectivity index (χ0v) is 7.52. The highest BCUT2D eigenvalue weighted by atomic mass is 35.5. The van der Waals surface area contributed by atoms with Crippen molar-refractivity contribution in [2.45, 2.75) is 13.8 Å². The number of hydrogen-bond donors (Lipinski definition) is 0. The fourth-order valence-electron chi connectivity index (χ4n) is 0.905. The Hall–Kier alpha value is -0.750. The van der Waals surface area contributed by atoms with E-state index in [0.717, 1.165) is 16.1 Å². The minimum Gasteiger partial charge on any atom is -0.0871 e. The van der Waals surface area contributed by atoms with Crippen LogP contribution in [-0.2, 0) is 0 Å². The molecule has 0 saturated heterocycles. The smallest absolute Gasteiger partial charge is 0.0441 e. The quantitative estimate of drug-likeness (QED) is 0.597. The third-order valence-electron chi connectivity index (χ3n) is 1.56. The van der Waals surface area contributed by atoms with Gasteiger partial charge in [-0.15, -0.1) is 0 Å². The first-order chi connectivity index (χ1) is 5.24. The Labute approximate surface area is 72.5 Å². The van der Waals surface area contributed by atoms with E-state index in [-0.39, 0.29) is 0 Å². The second-order valence-electron chi connectivity index (χ2n) is 2.51. The summed E-state index contributed by atoms with van der Waals surface area (Å²) < 4.78 is 0. The first-order valence-electron chi connectivity index (χ1n) is 3.63. The first-order valence-corrected chi connectivity index (χ1v) is 4.00. The maximum Gasteiger partial charge on any atom is 0.0441 e. The van der Waals surface area contributed by atoms with Crippen LogP contribution in [0.15, 0.2) is 24.3 Å². The zero-order valence-electron chi connectivity index (χ0n) is 6.76. The summed E-state index contributed by atoms with van der Waals surface area (Å²) in [5, 5.41) is 0.834. The molecule has 1 aromatic rings. The standard InChI is InChI=1S/C10H11Cl/c1-3-4-9-6-5-8(2)10(11)7-9/h3-7H,1-2H3. The van der Waals surface area contributed by atoms with E-state index in [4.69, 9.17) is 11.6 Å². The Bertz CT molecular complexity index is 274. The second-order valence-corrected chi connectivity index (χ2v) is 2.92. The molecule has 0 aliphatic heterocycles. The Morgan fingerprint density at radius 3 is 2.64 bits per heavy atom. The molecular formula is C10H11Cl. The van der Waals surface area contributed by atoms with Gasteiger partial charge in [0.05, 0.1) is 0 Å². The molecule has 0 fully saturated rings. The van der Waals surface area contributed by atoms with Crippen LogP contribution >= 0.6 is 11.6 Å². The minimum atomic E-state index is 0.834. The zero-order chi connectivity index (χ0) is 8.27. The number of allylic oxidation sites excluding steroid dienone is 1. The average molecular weight is 167 g/mol. The minimum absolute atomic E-state index is 0.834. The monoisotopic (exact) mass is 166 g/mol. The molecule has 11 heavy (non-hydrogen) atoms.